The Morgan fingerprint density at radius 3 is 3.06 bits per heavy atom. The van der Waals surface area contributed by atoms with E-state index >= 15 is 0 Å². The van der Waals surface area contributed by atoms with Gasteiger partial charge in [0.1, 0.15) is 5.82 Å². The second kappa shape index (κ2) is 6.19. The largest absolute Gasteiger partial charge is 0.382 e. The molecule has 2 nitrogen and oxygen atoms in total. The molecule has 0 amide bonds. The Kier molecular flexibility index (Phi) is 4.59. The van der Waals surface area contributed by atoms with Gasteiger partial charge in [-0.1, -0.05) is 19.4 Å². The molecule has 1 saturated heterocycles. The van der Waals surface area contributed by atoms with E-state index in [4.69, 9.17) is 4.74 Å². The molecule has 0 aromatic heterocycles. The van der Waals surface area contributed by atoms with Gasteiger partial charge in [0, 0.05) is 18.3 Å². The van der Waals surface area contributed by atoms with E-state index in [2.05, 4.69) is 12.2 Å². The number of ether oxygens (including phenoxy) is 1. The van der Waals surface area contributed by atoms with Gasteiger partial charge < -0.3 is 10.1 Å². The quantitative estimate of drug-likeness (QED) is 0.876. The Labute approximate surface area is 109 Å². The molecule has 0 spiro atoms. The van der Waals surface area contributed by atoms with E-state index in [1.54, 1.807) is 6.07 Å². The molecule has 3 heteroatoms. The highest BCUT2D eigenvalue weighted by atomic mass is 19.1. The second-order valence-corrected chi connectivity index (χ2v) is 5.11. The van der Waals surface area contributed by atoms with Crippen molar-refractivity contribution < 1.29 is 9.13 Å². The summed E-state index contributed by atoms with van der Waals surface area (Å²) in [4.78, 5) is 0. The number of halogens is 1. The van der Waals surface area contributed by atoms with Crippen LogP contribution in [0.3, 0.4) is 0 Å². The summed E-state index contributed by atoms with van der Waals surface area (Å²) in [6, 6.07) is 5.31. The van der Waals surface area contributed by atoms with Crippen LogP contribution in [-0.4, -0.2) is 18.8 Å². The molecule has 1 N–H and O–H groups in total. The fraction of sp³-hybridized carbons (Fsp3) is 0.600. The van der Waals surface area contributed by atoms with Crippen LogP contribution in [0.15, 0.2) is 18.2 Å². The molecule has 1 aromatic rings. The zero-order valence-corrected chi connectivity index (χ0v) is 11.2. The van der Waals surface area contributed by atoms with Crippen LogP contribution in [0.25, 0.3) is 0 Å². The van der Waals surface area contributed by atoms with E-state index in [1.165, 1.54) is 6.07 Å². The van der Waals surface area contributed by atoms with Crippen molar-refractivity contribution in [1.29, 1.82) is 0 Å². The second-order valence-electron chi connectivity index (χ2n) is 5.11. The Balaban J connectivity index is 1.98. The molecular formula is C15H22FNO. The first-order chi connectivity index (χ1) is 8.69. The van der Waals surface area contributed by atoms with E-state index in [0.29, 0.717) is 12.1 Å². The van der Waals surface area contributed by atoms with Gasteiger partial charge in [0.2, 0.25) is 0 Å². The third kappa shape index (κ3) is 3.45. The monoisotopic (exact) mass is 251 g/mol. The third-order valence-electron chi connectivity index (χ3n) is 3.54. The van der Waals surface area contributed by atoms with Crippen LogP contribution in [-0.2, 0) is 4.74 Å². The number of aryl methyl sites for hydroxylation is 1. The molecule has 0 radical (unpaired) electrons. The molecule has 100 valence electrons. The number of hydrogen-bond donors (Lipinski definition) is 1. The first-order valence-electron chi connectivity index (χ1n) is 6.83. The smallest absolute Gasteiger partial charge is 0.125 e. The summed E-state index contributed by atoms with van der Waals surface area (Å²) in [7, 11) is 0. The molecule has 2 unspecified atom stereocenters. The van der Waals surface area contributed by atoms with Crippen LogP contribution in [0.4, 0.5) is 10.1 Å². The number of anilines is 1. The molecule has 0 bridgehead atoms. The first kappa shape index (κ1) is 13.3. The number of rotatable bonds is 4. The van der Waals surface area contributed by atoms with Crippen LogP contribution >= 0.6 is 0 Å². The maximum atomic E-state index is 13.2. The lowest BCUT2D eigenvalue weighted by atomic mass is 9.99. The van der Waals surface area contributed by atoms with Crippen molar-refractivity contribution >= 4 is 5.69 Å². The van der Waals surface area contributed by atoms with Gasteiger partial charge in [-0.25, -0.2) is 4.39 Å². The molecule has 1 aliphatic rings. The molecule has 18 heavy (non-hydrogen) atoms. The van der Waals surface area contributed by atoms with Crippen LogP contribution in [0.2, 0.25) is 0 Å². The van der Waals surface area contributed by atoms with Crippen molar-refractivity contribution in [2.45, 2.75) is 51.7 Å². The van der Waals surface area contributed by atoms with Crippen molar-refractivity contribution in [2.24, 2.45) is 0 Å². The molecular weight excluding hydrogens is 229 g/mol. The molecule has 1 aliphatic heterocycles. The van der Waals surface area contributed by atoms with Gasteiger partial charge in [-0.2, -0.15) is 0 Å². The zero-order valence-electron chi connectivity index (χ0n) is 11.2. The predicted octanol–water partition coefficient (Wildman–Crippen LogP) is 3.89. The standard InChI is InChI=1S/C15H22FNO/c1-3-4-14-10-13(7-8-18-14)17-15-9-12(16)6-5-11(15)2/h5-6,9,13-14,17H,3-4,7-8,10H2,1-2H3. The van der Waals surface area contributed by atoms with Gasteiger partial charge in [0.15, 0.2) is 0 Å². The molecule has 2 atom stereocenters. The maximum Gasteiger partial charge on any atom is 0.125 e. The Bertz CT molecular complexity index is 392. The average molecular weight is 251 g/mol. The highest BCUT2D eigenvalue weighted by molar-refractivity contribution is 5.51. The van der Waals surface area contributed by atoms with Crippen LogP contribution < -0.4 is 5.32 Å². The lowest BCUT2D eigenvalue weighted by molar-refractivity contribution is 0.00597. The van der Waals surface area contributed by atoms with Crippen molar-refractivity contribution in [1.82, 2.24) is 0 Å². The maximum absolute atomic E-state index is 13.2. The lowest BCUT2D eigenvalue weighted by Crippen LogP contribution is -2.34. The van der Waals surface area contributed by atoms with E-state index in [-0.39, 0.29) is 5.82 Å². The van der Waals surface area contributed by atoms with Crippen molar-refractivity contribution in [3.05, 3.63) is 29.6 Å². The lowest BCUT2D eigenvalue weighted by Gasteiger charge is -2.31. The van der Waals surface area contributed by atoms with Crippen molar-refractivity contribution in [3.8, 4) is 0 Å². The van der Waals surface area contributed by atoms with E-state index in [9.17, 15) is 4.39 Å². The predicted molar refractivity (Wildman–Crippen MR) is 72.4 cm³/mol. The molecule has 0 saturated carbocycles. The van der Waals surface area contributed by atoms with Gasteiger partial charge in [-0.3, -0.25) is 0 Å². The number of nitrogens with one attached hydrogen (secondary N) is 1. The topological polar surface area (TPSA) is 21.3 Å². The summed E-state index contributed by atoms with van der Waals surface area (Å²) < 4.78 is 19.0. The van der Waals surface area contributed by atoms with Crippen molar-refractivity contribution in [2.75, 3.05) is 11.9 Å². The molecule has 1 heterocycles. The summed E-state index contributed by atoms with van der Waals surface area (Å²) in [5.41, 5.74) is 2.01. The first-order valence-corrected chi connectivity index (χ1v) is 6.83. The van der Waals surface area contributed by atoms with Crippen LogP contribution in [0, 0.1) is 12.7 Å². The normalized spacial score (nSPS) is 23.9. The van der Waals surface area contributed by atoms with Gasteiger partial charge in [0.25, 0.3) is 0 Å². The molecule has 1 aromatic carbocycles. The van der Waals surface area contributed by atoms with Gasteiger partial charge in [-0.05, 0) is 43.9 Å². The molecule has 1 fully saturated rings. The summed E-state index contributed by atoms with van der Waals surface area (Å²) in [5, 5.41) is 3.46. The van der Waals surface area contributed by atoms with E-state index < -0.39 is 0 Å². The number of benzene rings is 1. The molecule has 0 aliphatic carbocycles. The van der Waals surface area contributed by atoms with Crippen LogP contribution in [0.5, 0.6) is 0 Å². The minimum absolute atomic E-state index is 0.180. The zero-order chi connectivity index (χ0) is 13.0. The van der Waals surface area contributed by atoms with Gasteiger partial charge in [0.05, 0.1) is 6.10 Å². The van der Waals surface area contributed by atoms with E-state index in [0.717, 1.165) is 43.5 Å². The highest BCUT2D eigenvalue weighted by Crippen LogP contribution is 2.23. The van der Waals surface area contributed by atoms with Crippen molar-refractivity contribution in [3.63, 3.8) is 0 Å². The summed E-state index contributed by atoms with van der Waals surface area (Å²) in [6.07, 6.45) is 4.63. The average Bonchev–Trinajstić information content (AvgIpc) is 2.35. The molecule has 2 rings (SSSR count). The van der Waals surface area contributed by atoms with Crippen LogP contribution in [0.1, 0.15) is 38.2 Å². The summed E-state index contributed by atoms with van der Waals surface area (Å²) in [5.74, 6) is -0.180. The van der Waals surface area contributed by atoms with Gasteiger partial charge >= 0.3 is 0 Å². The Hall–Kier alpha value is -1.09. The summed E-state index contributed by atoms with van der Waals surface area (Å²) >= 11 is 0. The number of hydrogen-bond acceptors (Lipinski definition) is 2. The van der Waals surface area contributed by atoms with E-state index in [1.807, 2.05) is 13.0 Å². The fourth-order valence-electron chi connectivity index (χ4n) is 2.50. The van der Waals surface area contributed by atoms with Gasteiger partial charge in [-0.15, -0.1) is 0 Å². The summed E-state index contributed by atoms with van der Waals surface area (Å²) in [6.45, 7) is 4.98. The third-order valence-corrected chi connectivity index (χ3v) is 3.54. The SMILES string of the molecule is CCCC1CC(Nc2cc(F)ccc2C)CCO1. The Morgan fingerprint density at radius 1 is 1.44 bits per heavy atom. The Morgan fingerprint density at radius 2 is 2.28 bits per heavy atom. The minimum atomic E-state index is -0.180. The minimum Gasteiger partial charge on any atom is -0.382 e. The highest BCUT2D eigenvalue weighted by Gasteiger charge is 2.22. The fourth-order valence-corrected chi connectivity index (χ4v) is 2.50.